The van der Waals surface area contributed by atoms with Crippen LogP contribution in [0.25, 0.3) is 0 Å². The van der Waals surface area contributed by atoms with E-state index in [1.165, 1.54) is 7.11 Å². The van der Waals surface area contributed by atoms with Gasteiger partial charge in [-0.2, -0.15) is 0 Å². The molecule has 0 aromatic rings. The summed E-state index contributed by atoms with van der Waals surface area (Å²) >= 11 is 10.7. The molecule has 0 saturated heterocycles. The minimum absolute atomic E-state index is 0.249. The lowest BCUT2D eigenvalue weighted by Crippen LogP contribution is -2.44. The Hall–Kier alpha value is -0.480. The summed E-state index contributed by atoms with van der Waals surface area (Å²) in [7, 11) is 1.26. The largest absolute Gasteiger partial charge is 0.467 e. The summed E-state index contributed by atoms with van der Waals surface area (Å²) in [6, 6.07) is -0.692. The summed E-state index contributed by atoms with van der Waals surface area (Å²) in [5.74, 6) is -0.834. The van der Waals surface area contributed by atoms with Crippen molar-refractivity contribution in [3.05, 3.63) is 0 Å². The summed E-state index contributed by atoms with van der Waals surface area (Å²) in [5.41, 5.74) is 0. The van der Waals surface area contributed by atoms with Crippen molar-refractivity contribution in [2.45, 2.75) is 31.1 Å². The number of hydrogen-bond acceptors (Lipinski definition) is 3. The number of ether oxygens (including phenoxy) is 1. The van der Waals surface area contributed by atoms with Crippen molar-refractivity contribution < 1.29 is 14.3 Å². The molecule has 6 heteroatoms. The molecule has 1 N–H and O–H groups in total. The maximum Gasteiger partial charge on any atom is 0.328 e. The van der Waals surface area contributed by atoms with E-state index < -0.39 is 22.8 Å². The maximum atomic E-state index is 11.3. The van der Waals surface area contributed by atoms with Crippen molar-refractivity contribution in [1.82, 2.24) is 5.32 Å². The number of nitrogens with one attached hydrogen (secondary N) is 1. The fourth-order valence-corrected chi connectivity index (χ4v) is 1.19. The number of carbonyl (C=O) groups excluding carboxylic acids is 2. The molecule has 0 aromatic carbocycles. The van der Waals surface area contributed by atoms with Gasteiger partial charge in [0.05, 0.1) is 7.11 Å². The maximum absolute atomic E-state index is 11.3. The van der Waals surface area contributed by atoms with Crippen LogP contribution >= 0.6 is 23.2 Å². The van der Waals surface area contributed by atoms with E-state index >= 15 is 0 Å². The molecule has 15 heavy (non-hydrogen) atoms. The minimum atomic E-state index is -1.18. The second kappa shape index (κ2) is 6.90. The second-order valence-corrected chi connectivity index (χ2v) is 4.61. The van der Waals surface area contributed by atoms with Crippen molar-refractivity contribution >= 4 is 35.1 Å². The van der Waals surface area contributed by atoms with Gasteiger partial charge in [0.1, 0.15) is 6.04 Å². The molecule has 0 aromatic heterocycles. The summed E-state index contributed by atoms with van der Waals surface area (Å²) in [4.78, 5) is 21.3. The Balaban J connectivity index is 4.37. The Morgan fingerprint density at radius 3 is 2.20 bits per heavy atom. The molecule has 0 saturated carbocycles. The zero-order chi connectivity index (χ0) is 12.0. The molecule has 4 nitrogen and oxygen atoms in total. The molecule has 0 aliphatic carbocycles. The van der Waals surface area contributed by atoms with Crippen LogP contribution in [0.4, 0.5) is 0 Å². The van der Waals surface area contributed by atoms with E-state index in [4.69, 9.17) is 23.2 Å². The van der Waals surface area contributed by atoms with Crippen LogP contribution in [0.1, 0.15) is 20.3 Å². The summed E-state index contributed by atoms with van der Waals surface area (Å²) in [5, 5.41) is 2.42. The van der Waals surface area contributed by atoms with Crippen molar-refractivity contribution in [2.75, 3.05) is 7.11 Å². The fraction of sp³-hybridized carbons (Fsp3) is 0.778. The van der Waals surface area contributed by atoms with Crippen LogP contribution in [0.5, 0.6) is 0 Å². The molecule has 0 fully saturated rings. The first-order valence-electron chi connectivity index (χ1n) is 4.54. The Labute approximate surface area is 99.3 Å². The smallest absolute Gasteiger partial charge is 0.328 e. The van der Waals surface area contributed by atoms with Gasteiger partial charge in [0.2, 0.25) is 0 Å². The molecule has 0 heterocycles. The summed E-state index contributed by atoms with van der Waals surface area (Å²) in [6.45, 7) is 3.86. The first-order chi connectivity index (χ1) is 6.88. The lowest BCUT2D eigenvalue weighted by Gasteiger charge is -2.18. The van der Waals surface area contributed by atoms with Crippen LogP contribution in [-0.4, -0.2) is 29.9 Å². The van der Waals surface area contributed by atoms with Gasteiger partial charge in [0.15, 0.2) is 4.84 Å². The molecule has 0 radical (unpaired) electrons. The molecule has 1 amide bonds. The molecular formula is C9H15Cl2NO3. The number of amides is 1. The fourth-order valence-electron chi connectivity index (χ4n) is 1.06. The van der Waals surface area contributed by atoms with Crippen molar-refractivity contribution in [2.24, 2.45) is 5.92 Å². The predicted octanol–water partition coefficient (Wildman–Crippen LogP) is 1.49. The molecule has 0 spiro atoms. The van der Waals surface area contributed by atoms with E-state index in [0.29, 0.717) is 6.42 Å². The number of rotatable bonds is 5. The van der Waals surface area contributed by atoms with Crippen LogP contribution in [0.3, 0.4) is 0 Å². The Morgan fingerprint density at radius 1 is 1.33 bits per heavy atom. The molecule has 0 aliphatic rings. The highest BCUT2D eigenvalue weighted by molar-refractivity contribution is 6.53. The van der Waals surface area contributed by atoms with E-state index in [-0.39, 0.29) is 5.92 Å². The van der Waals surface area contributed by atoms with E-state index in [1.54, 1.807) is 0 Å². The van der Waals surface area contributed by atoms with Crippen molar-refractivity contribution in [1.29, 1.82) is 0 Å². The number of halogens is 2. The van der Waals surface area contributed by atoms with Gasteiger partial charge in [-0.3, -0.25) is 4.79 Å². The molecule has 88 valence electrons. The quantitative estimate of drug-likeness (QED) is 0.599. The lowest BCUT2D eigenvalue weighted by atomic mass is 10.0. The number of esters is 1. The highest BCUT2D eigenvalue weighted by atomic mass is 35.5. The van der Waals surface area contributed by atoms with Gasteiger partial charge in [-0.1, -0.05) is 37.0 Å². The van der Waals surface area contributed by atoms with Crippen molar-refractivity contribution in [3.63, 3.8) is 0 Å². The second-order valence-electron chi connectivity index (χ2n) is 3.51. The normalized spacial score (nSPS) is 12.7. The van der Waals surface area contributed by atoms with E-state index in [2.05, 4.69) is 10.1 Å². The Morgan fingerprint density at radius 2 is 1.87 bits per heavy atom. The number of methoxy groups -OCH3 is 1. The minimum Gasteiger partial charge on any atom is -0.467 e. The average molecular weight is 256 g/mol. The molecule has 1 atom stereocenters. The highest BCUT2D eigenvalue weighted by Gasteiger charge is 2.24. The van der Waals surface area contributed by atoms with Gasteiger partial charge in [-0.15, -0.1) is 0 Å². The van der Waals surface area contributed by atoms with Crippen LogP contribution in [0.2, 0.25) is 0 Å². The standard InChI is InChI=1S/C9H15Cl2NO3/c1-5(2)4-6(9(14)15-3)12-8(13)7(10)11/h5-7H,4H2,1-3H3,(H,12,13)/t6-/m1/s1. The third-order valence-electron chi connectivity index (χ3n) is 1.71. The zero-order valence-corrected chi connectivity index (χ0v) is 10.4. The average Bonchev–Trinajstić information content (AvgIpc) is 2.14. The predicted molar refractivity (Wildman–Crippen MR) is 58.9 cm³/mol. The SMILES string of the molecule is COC(=O)[C@@H](CC(C)C)NC(=O)C(Cl)Cl. The van der Waals surface area contributed by atoms with Gasteiger partial charge in [-0.05, 0) is 12.3 Å². The number of alkyl halides is 2. The first-order valence-corrected chi connectivity index (χ1v) is 5.42. The molecule has 0 aliphatic heterocycles. The topological polar surface area (TPSA) is 55.4 Å². The van der Waals surface area contributed by atoms with E-state index in [9.17, 15) is 9.59 Å². The molecule has 0 rings (SSSR count). The van der Waals surface area contributed by atoms with Gasteiger partial charge in [0, 0.05) is 0 Å². The number of carbonyl (C=O) groups is 2. The van der Waals surface area contributed by atoms with E-state index in [1.807, 2.05) is 13.8 Å². The molecular weight excluding hydrogens is 241 g/mol. The number of hydrogen-bond donors (Lipinski definition) is 1. The monoisotopic (exact) mass is 255 g/mol. The summed E-state index contributed by atoms with van der Waals surface area (Å²) in [6.07, 6.45) is 0.485. The van der Waals surface area contributed by atoms with Gasteiger partial charge in [0.25, 0.3) is 5.91 Å². The Bertz CT molecular complexity index is 231. The third-order valence-corrected chi connectivity index (χ3v) is 2.10. The van der Waals surface area contributed by atoms with Crippen LogP contribution in [0, 0.1) is 5.92 Å². The zero-order valence-electron chi connectivity index (χ0n) is 8.92. The summed E-state index contributed by atoms with van der Waals surface area (Å²) < 4.78 is 4.55. The van der Waals surface area contributed by atoms with E-state index in [0.717, 1.165) is 0 Å². The van der Waals surface area contributed by atoms with Gasteiger partial charge < -0.3 is 10.1 Å². The Kier molecular flexibility index (Phi) is 6.68. The van der Waals surface area contributed by atoms with Gasteiger partial charge >= 0.3 is 5.97 Å². The van der Waals surface area contributed by atoms with Crippen LogP contribution in [0.15, 0.2) is 0 Å². The third kappa shape index (κ3) is 5.85. The first kappa shape index (κ1) is 14.5. The molecule has 0 unspecified atom stereocenters. The van der Waals surface area contributed by atoms with Crippen molar-refractivity contribution in [3.8, 4) is 0 Å². The molecule has 0 bridgehead atoms. The van der Waals surface area contributed by atoms with Crippen LogP contribution in [-0.2, 0) is 14.3 Å². The lowest BCUT2D eigenvalue weighted by molar-refractivity contribution is -0.145. The highest BCUT2D eigenvalue weighted by Crippen LogP contribution is 2.08. The van der Waals surface area contributed by atoms with Crippen LogP contribution < -0.4 is 5.32 Å². The van der Waals surface area contributed by atoms with Gasteiger partial charge in [-0.25, -0.2) is 4.79 Å².